The number of hydrogen-bond acceptors (Lipinski definition) is 4. The molecule has 1 atom stereocenters. The van der Waals surface area contributed by atoms with Crippen molar-refractivity contribution in [1.29, 1.82) is 0 Å². The van der Waals surface area contributed by atoms with Crippen LogP contribution in [0.3, 0.4) is 0 Å². The van der Waals surface area contributed by atoms with Gasteiger partial charge in [-0.1, -0.05) is 6.07 Å². The number of nitrogens with two attached hydrogens (primary N) is 1. The van der Waals surface area contributed by atoms with Gasteiger partial charge in [-0.3, -0.25) is 4.79 Å². The summed E-state index contributed by atoms with van der Waals surface area (Å²) < 4.78 is 6.72. The van der Waals surface area contributed by atoms with Crippen LogP contribution < -0.4 is 10.5 Å². The Labute approximate surface area is 110 Å². The van der Waals surface area contributed by atoms with E-state index >= 15 is 0 Å². The van der Waals surface area contributed by atoms with Gasteiger partial charge in [0.15, 0.2) is 0 Å². The third-order valence-electron chi connectivity index (χ3n) is 2.77. The predicted molar refractivity (Wildman–Crippen MR) is 69.3 cm³/mol. The van der Waals surface area contributed by atoms with Gasteiger partial charge >= 0.3 is 0 Å². The Morgan fingerprint density at radius 1 is 1.47 bits per heavy atom. The van der Waals surface area contributed by atoms with E-state index in [9.17, 15) is 9.90 Å². The summed E-state index contributed by atoms with van der Waals surface area (Å²) in [5.74, 6) is -0.0381. The van der Waals surface area contributed by atoms with Gasteiger partial charge in [-0.05, 0) is 25.1 Å². The van der Waals surface area contributed by atoms with Crippen molar-refractivity contribution < 1.29 is 14.6 Å². The lowest BCUT2D eigenvalue weighted by molar-refractivity contribution is 0.0995. The summed E-state index contributed by atoms with van der Waals surface area (Å²) in [5, 5.41) is 14.0. The standard InChI is InChI=1S/C13H15N3O3/c1-8(17)12-10(4-3-5-11(12)19-2)16-7-6-9(15-16)13(14)18/h3-8,17H,1-2H3,(H2,14,18). The first-order valence-corrected chi connectivity index (χ1v) is 5.75. The number of aromatic nitrogens is 2. The normalized spacial score (nSPS) is 12.2. The summed E-state index contributed by atoms with van der Waals surface area (Å²) in [6.45, 7) is 1.64. The number of aliphatic hydroxyl groups is 1. The lowest BCUT2D eigenvalue weighted by Crippen LogP contribution is -2.13. The first kappa shape index (κ1) is 13.1. The number of hydrogen-bond donors (Lipinski definition) is 2. The Kier molecular flexibility index (Phi) is 3.52. The third-order valence-corrected chi connectivity index (χ3v) is 2.77. The smallest absolute Gasteiger partial charge is 0.269 e. The molecule has 3 N–H and O–H groups in total. The van der Waals surface area contributed by atoms with E-state index in [1.54, 1.807) is 31.3 Å². The molecule has 0 saturated carbocycles. The highest BCUT2D eigenvalue weighted by Crippen LogP contribution is 2.30. The number of primary amides is 1. The Balaban J connectivity index is 2.57. The first-order chi connectivity index (χ1) is 9.04. The Morgan fingerprint density at radius 2 is 2.21 bits per heavy atom. The molecular weight excluding hydrogens is 246 g/mol. The lowest BCUT2D eigenvalue weighted by Gasteiger charge is -2.15. The highest BCUT2D eigenvalue weighted by molar-refractivity contribution is 5.90. The molecule has 0 aliphatic rings. The minimum atomic E-state index is -0.729. The molecule has 6 heteroatoms. The summed E-state index contributed by atoms with van der Waals surface area (Å²) in [6.07, 6.45) is 0.883. The number of ether oxygens (including phenoxy) is 1. The average Bonchev–Trinajstić information content (AvgIpc) is 2.87. The number of amides is 1. The number of carbonyl (C=O) groups excluding carboxylic acids is 1. The van der Waals surface area contributed by atoms with Crippen LogP contribution >= 0.6 is 0 Å². The predicted octanol–water partition coefficient (Wildman–Crippen LogP) is 1.03. The Bertz CT molecular complexity index is 605. The van der Waals surface area contributed by atoms with E-state index in [-0.39, 0.29) is 5.69 Å². The van der Waals surface area contributed by atoms with Crippen molar-refractivity contribution >= 4 is 5.91 Å². The lowest BCUT2D eigenvalue weighted by atomic mass is 10.1. The fraction of sp³-hybridized carbons (Fsp3) is 0.231. The van der Waals surface area contributed by atoms with Crippen molar-refractivity contribution in [2.45, 2.75) is 13.0 Å². The van der Waals surface area contributed by atoms with Crippen LogP contribution in [0.2, 0.25) is 0 Å². The van der Waals surface area contributed by atoms with Gasteiger partial charge in [0, 0.05) is 11.8 Å². The molecule has 2 rings (SSSR count). The molecule has 19 heavy (non-hydrogen) atoms. The molecule has 0 saturated heterocycles. The molecule has 0 spiro atoms. The molecule has 1 unspecified atom stereocenters. The van der Waals surface area contributed by atoms with Gasteiger partial charge < -0.3 is 15.6 Å². The van der Waals surface area contributed by atoms with Gasteiger partial charge in [-0.2, -0.15) is 5.10 Å². The maximum Gasteiger partial charge on any atom is 0.269 e. The van der Waals surface area contributed by atoms with E-state index in [1.165, 1.54) is 17.9 Å². The van der Waals surface area contributed by atoms with Gasteiger partial charge in [0.05, 0.1) is 18.9 Å². The summed E-state index contributed by atoms with van der Waals surface area (Å²) in [6, 6.07) is 6.84. The molecule has 0 aliphatic carbocycles. The number of aliphatic hydroxyl groups excluding tert-OH is 1. The number of benzene rings is 1. The molecule has 2 aromatic rings. The molecule has 0 radical (unpaired) electrons. The van der Waals surface area contributed by atoms with Crippen molar-refractivity contribution in [2.75, 3.05) is 7.11 Å². The average molecular weight is 261 g/mol. The topological polar surface area (TPSA) is 90.4 Å². The quantitative estimate of drug-likeness (QED) is 0.860. The van der Waals surface area contributed by atoms with Gasteiger partial charge in [0.1, 0.15) is 11.4 Å². The van der Waals surface area contributed by atoms with E-state index in [0.717, 1.165) is 0 Å². The second-order valence-electron chi connectivity index (χ2n) is 4.08. The largest absolute Gasteiger partial charge is 0.496 e. The third kappa shape index (κ3) is 2.43. The van der Waals surface area contributed by atoms with E-state index < -0.39 is 12.0 Å². The number of methoxy groups -OCH3 is 1. The summed E-state index contributed by atoms with van der Waals surface area (Å²) >= 11 is 0. The zero-order chi connectivity index (χ0) is 14.0. The molecule has 6 nitrogen and oxygen atoms in total. The maximum absolute atomic E-state index is 11.1. The van der Waals surface area contributed by atoms with Crippen LogP contribution in [0, 0.1) is 0 Å². The summed E-state index contributed by atoms with van der Waals surface area (Å²) in [7, 11) is 1.53. The summed E-state index contributed by atoms with van der Waals surface area (Å²) in [5.41, 5.74) is 6.58. The first-order valence-electron chi connectivity index (χ1n) is 5.75. The van der Waals surface area contributed by atoms with Crippen molar-refractivity contribution in [3.05, 3.63) is 41.7 Å². The second-order valence-corrected chi connectivity index (χ2v) is 4.08. The van der Waals surface area contributed by atoms with Gasteiger partial charge in [0.25, 0.3) is 5.91 Å². The minimum Gasteiger partial charge on any atom is -0.496 e. The molecule has 0 bridgehead atoms. The molecule has 0 aliphatic heterocycles. The monoisotopic (exact) mass is 261 g/mol. The molecule has 1 aromatic carbocycles. The van der Waals surface area contributed by atoms with Gasteiger partial charge in [-0.25, -0.2) is 4.68 Å². The van der Waals surface area contributed by atoms with Crippen molar-refractivity contribution in [2.24, 2.45) is 5.73 Å². The van der Waals surface area contributed by atoms with Crippen LogP contribution in [0.5, 0.6) is 5.75 Å². The van der Waals surface area contributed by atoms with Gasteiger partial charge in [-0.15, -0.1) is 0 Å². The molecular formula is C13H15N3O3. The zero-order valence-electron chi connectivity index (χ0n) is 10.7. The molecule has 100 valence electrons. The van der Waals surface area contributed by atoms with Crippen LogP contribution in [-0.4, -0.2) is 27.9 Å². The number of carbonyl (C=O) groups is 1. The van der Waals surface area contributed by atoms with Gasteiger partial charge in [0.2, 0.25) is 0 Å². The fourth-order valence-electron chi connectivity index (χ4n) is 1.92. The van der Waals surface area contributed by atoms with Crippen LogP contribution in [0.1, 0.15) is 29.1 Å². The van der Waals surface area contributed by atoms with Crippen LogP contribution in [0.25, 0.3) is 5.69 Å². The Hall–Kier alpha value is -2.34. The van der Waals surface area contributed by atoms with Crippen molar-refractivity contribution in [3.8, 4) is 11.4 Å². The van der Waals surface area contributed by atoms with E-state index in [0.29, 0.717) is 17.0 Å². The SMILES string of the molecule is COc1cccc(-n2ccc(C(N)=O)n2)c1C(C)O. The van der Waals surface area contributed by atoms with Crippen LogP contribution in [-0.2, 0) is 0 Å². The highest BCUT2D eigenvalue weighted by atomic mass is 16.5. The molecule has 1 amide bonds. The van der Waals surface area contributed by atoms with Crippen molar-refractivity contribution in [3.63, 3.8) is 0 Å². The van der Waals surface area contributed by atoms with E-state index in [2.05, 4.69) is 5.10 Å². The molecule has 0 fully saturated rings. The van der Waals surface area contributed by atoms with E-state index in [4.69, 9.17) is 10.5 Å². The fourth-order valence-corrected chi connectivity index (χ4v) is 1.92. The Morgan fingerprint density at radius 3 is 2.74 bits per heavy atom. The number of rotatable bonds is 4. The zero-order valence-corrected chi connectivity index (χ0v) is 10.7. The molecule has 1 heterocycles. The van der Waals surface area contributed by atoms with Crippen LogP contribution in [0.15, 0.2) is 30.5 Å². The van der Waals surface area contributed by atoms with Crippen LogP contribution in [0.4, 0.5) is 0 Å². The summed E-state index contributed by atoms with van der Waals surface area (Å²) in [4.78, 5) is 11.1. The highest BCUT2D eigenvalue weighted by Gasteiger charge is 2.16. The van der Waals surface area contributed by atoms with E-state index in [1.807, 2.05) is 0 Å². The maximum atomic E-state index is 11.1. The second kappa shape index (κ2) is 5.11. The number of nitrogens with zero attached hydrogens (tertiary/aromatic N) is 2. The van der Waals surface area contributed by atoms with Crippen molar-refractivity contribution in [1.82, 2.24) is 9.78 Å². The minimum absolute atomic E-state index is 0.166. The molecule has 1 aromatic heterocycles.